The second-order valence-electron chi connectivity index (χ2n) is 4.92. The number of rotatable bonds is 5. The van der Waals surface area contributed by atoms with Crippen molar-refractivity contribution in [3.63, 3.8) is 0 Å². The zero-order valence-electron chi connectivity index (χ0n) is 12.5. The third-order valence-electron chi connectivity index (χ3n) is 3.62. The number of esters is 1. The maximum absolute atomic E-state index is 12.1. The molecule has 0 saturated heterocycles. The smallest absolute Gasteiger partial charge is 0.344 e. The molecule has 0 amide bonds. The molecule has 1 heterocycles. The zero-order chi connectivity index (χ0) is 15.5. The Hall–Kier alpha value is -2.53. The molecule has 0 spiro atoms. The van der Waals surface area contributed by atoms with Gasteiger partial charge in [-0.05, 0) is 17.7 Å². The molecular formula is C17H17NO4. The quantitative estimate of drug-likeness (QED) is 0.860. The van der Waals surface area contributed by atoms with Crippen molar-refractivity contribution in [3.8, 4) is 11.5 Å². The minimum atomic E-state index is -0.484. The molecule has 2 aromatic rings. The van der Waals surface area contributed by atoms with Crippen LogP contribution in [-0.2, 0) is 11.3 Å². The fourth-order valence-electron chi connectivity index (χ4n) is 2.56. The van der Waals surface area contributed by atoms with Crippen LogP contribution >= 0.6 is 0 Å². The van der Waals surface area contributed by atoms with Crippen molar-refractivity contribution in [2.24, 2.45) is 0 Å². The van der Waals surface area contributed by atoms with Gasteiger partial charge < -0.3 is 14.2 Å². The highest BCUT2D eigenvalue weighted by Crippen LogP contribution is 2.40. The highest BCUT2D eigenvalue weighted by atomic mass is 16.6. The van der Waals surface area contributed by atoms with Gasteiger partial charge in [-0.15, -0.1) is 0 Å². The Morgan fingerprint density at radius 3 is 2.55 bits per heavy atom. The normalized spacial score (nSPS) is 16.1. The summed E-state index contributed by atoms with van der Waals surface area (Å²) in [6.45, 7) is 0.604. The molecular weight excluding hydrogens is 282 g/mol. The number of carbonyl (C=O) groups excluding carboxylic acids is 1. The first-order valence-electron chi connectivity index (χ1n) is 6.97. The average molecular weight is 299 g/mol. The summed E-state index contributed by atoms with van der Waals surface area (Å²) < 4.78 is 15.9. The van der Waals surface area contributed by atoms with Gasteiger partial charge in [-0.2, -0.15) is 0 Å². The Balaban J connectivity index is 1.85. The Kier molecular flexibility index (Phi) is 3.98. The number of hydrogen-bond acceptors (Lipinski definition) is 5. The third kappa shape index (κ3) is 2.51. The van der Waals surface area contributed by atoms with Gasteiger partial charge in [-0.25, -0.2) is 4.79 Å². The van der Waals surface area contributed by atoms with E-state index in [0.717, 1.165) is 11.1 Å². The van der Waals surface area contributed by atoms with E-state index in [4.69, 9.17) is 14.2 Å². The van der Waals surface area contributed by atoms with Gasteiger partial charge in [0.05, 0.1) is 14.2 Å². The SMILES string of the molecule is COc1ccc2c(c1OC)C(=O)OC2NCc1ccccc1. The second kappa shape index (κ2) is 6.07. The molecule has 0 aliphatic carbocycles. The summed E-state index contributed by atoms with van der Waals surface area (Å²) in [4.78, 5) is 12.1. The number of fused-ring (bicyclic) bond motifs is 1. The van der Waals surface area contributed by atoms with Crippen molar-refractivity contribution in [2.45, 2.75) is 12.8 Å². The van der Waals surface area contributed by atoms with Crippen molar-refractivity contribution in [2.75, 3.05) is 14.2 Å². The van der Waals surface area contributed by atoms with Crippen molar-refractivity contribution < 1.29 is 19.0 Å². The lowest BCUT2D eigenvalue weighted by Crippen LogP contribution is -2.20. The molecule has 2 aromatic carbocycles. The molecule has 1 atom stereocenters. The summed E-state index contributed by atoms with van der Waals surface area (Å²) in [7, 11) is 3.05. The van der Waals surface area contributed by atoms with Gasteiger partial charge >= 0.3 is 5.97 Å². The standard InChI is InChI=1S/C17H17NO4/c1-20-13-9-8-12-14(15(13)21-2)17(19)22-16(12)18-10-11-6-4-3-5-7-11/h3-9,16,18H,10H2,1-2H3. The van der Waals surface area contributed by atoms with Crippen LogP contribution in [0.5, 0.6) is 11.5 Å². The molecule has 1 aliphatic rings. The van der Waals surface area contributed by atoms with E-state index < -0.39 is 12.2 Å². The van der Waals surface area contributed by atoms with Crippen LogP contribution in [0.1, 0.15) is 27.7 Å². The van der Waals surface area contributed by atoms with Crippen LogP contribution in [0.2, 0.25) is 0 Å². The Morgan fingerprint density at radius 1 is 1.09 bits per heavy atom. The minimum Gasteiger partial charge on any atom is -0.493 e. The number of benzene rings is 2. The summed E-state index contributed by atoms with van der Waals surface area (Å²) in [5, 5.41) is 3.23. The second-order valence-corrected chi connectivity index (χ2v) is 4.92. The first kappa shape index (κ1) is 14.4. The van der Waals surface area contributed by atoms with Gasteiger partial charge in [0, 0.05) is 12.1 Å². The molecule has 1 aliphatic heterocycles. The molecule has 0 aromatic heterocycles. The maximum Gasteiger partial charge on any atom is 0.344 e. The average Bonchev–Trinajstić information content (AvgIpc) is 2.89. The molecule has 3 rings (SSSR count). The monoisotopic (exact) mass is 299 g/mol. The molecule has 1 unspecified atom stereocenters. The Labute approximate surface area is 128 Å². The Bertz CT molecular complexity index is 685. The van der Waals surface area contributed by atoms with Gasteiger partial charge in [0.2, 0.25) is 0 Å². The lowest BCUT2D eigenvalue weighted by atomic mass is 10.1. The van der Waals surface area contributed by atoms with E-state index in [1.165, 1.54) is 14.2 Å². The fraction of sp³-hybridized carbons (Fsp3) is 0.235. The molecule has 5 nitrogen and oxygen atoms in total. The number of cyclic esters (lactones) is 1. The Morgan fingerprint density at radius 2 is 1.86 bits per heavy atom. The lowest BCUT2D eigenvalue weighted by molar-refractivity contribution is 0.0302. The van der Waals surface area contributed by atoms with Crippen LogP contribution in [0.15, 0.2) is 42.5 Å². The predicted octanol–water partition coefficient (Wildman–Crippen LogP) is 2.66. The lowest BCUT2D eigenvalue weighted by Gasteiger charge is -2.14. The fourth-order valence-corrected chi connectivity index (χ4v) is 2.56. The van der Waals surface area contributed by atoms with Gasteiger partial charge in [0.25, 0.3) is 0 Å². The predicted molar refractivity (Wildman–Crippen MR) is 81.0 cm³/mol. The van der Waals surface area contributed by atoms with Gasteiger partial charge in [-0.3, -0.25) is 5.32 Å². The number of hydrogen-bond donors (Lipinski definition) is 1. The van der Waals surface area contributed by atoms with Crippen molar-refractivity contribution in [1.82, 2.24) is 5.32 Å². The van der Waals surface area contributed by atoms with E-state index in [2.05, 4.69) is 5.32 Å². The summed E-state index contributed by atoms with van der Waals surface area (Å²) in [6.07, 6.45) is -0.484. The first-order chi connectivity index (χ1) is 10.7. The maximum atomic E-state index is 12.1. The van der Waals surface area contributed by atoms with Crippen LogP contribution in [-0.4, -0.2) is 20.2 Å². The van der Waals surface area contributed by atoms with Gasteiger partial charge in [0.15, 0.2) is 17.7 Å². The van der Waals surface area contributed by atoms with E-state index in [1.807, 2.05) is 36.4 Å². The van der Waals surface area contributed by atoms with Crippen LogP contribution in [0.4, 0.5) is 0 Å². The molecule has 1 N–H and O–H groups in total. The van der Waals surface area contributed by atoms with E-state index in [1.54, 1.807) is 6.07 Å². The van der Waals surface area contributed by atoms with E-state index >= 15 is 0 Å². The highest BCUT2D eigenvalue weighted by Gasteiger charge is 2.35. The largest absolute Gasteiger partial charge is 0.493 e. The number of ether oxygens (including phenoxy) is 3. The molecule has 0 fully saturated rings. The van der Waals surface area contributed by atoms with Crippen molar-refractivity contribution >= 4 is 5.97 Å². The summed E-state index contributed by atoms with van der Waals surface area (Å²) in [5.74, 6) is 0.521. The molecule has 114 valence electrons. The number of methoxy groups -OCH3 is 2. The number of nitrogens with one attached hydrogen (secondary N) is 1. The minimum absolute atomic E-state index is 0.406. The van der Waals surface area contributed by atoms with Crippen molar-refractivity contribution in [3.05, 3.63) is 59.2 Å². The zero-order valence-corrected chi connectivity index (χ0v) is 12.5. The molecule has 22 heavy (non-hydrogen) atoms. The van der Waals surface area contributed by atoms with E-state index in [9.17, 15) is 4.79 Å². The summed E-state index contributed by atoms with van der Waals surface area (Å²) in [5.41, 5.74) is 2.30. The van der Waals surface area contributed by atoms with Gasteiger partial charge in [0.1, 0.15) is 5.56 Å². The topological polar surface area (TPSA) is 56.8 Å². The highest BCUT2D eigenvalue weighted by molar-refractivity contribution is 5.98. The third-order valence-corrected chi connectivity index (χ3v) is 3.62. The molecule has 5 heteroatoms. The van der Waals surface area contributed by atoms with Crippen LogP contribution in [0, 0.1) is 0 Å². The van der Waals surface area contributed by atoms with Gasteiger partial charge in [-0.1, -0.05) is 30.3 Å². The van der Waals surface area contributed by atoms with E-state index in [-0.39, 0.29) is 0 Å². The van der Waals surface area contributed by atoms with E-state index in [0.29, 0.717) is 23.6 Å². The van der Waals surface area contributed by atoms with Crippen LogP contribution in [0.3, 0.4) is 0 Å². The molecule has 0 radical (unpaired) electrons. The summed E-state index contributed by atoms with van der Waals surface area (Å²) in [6, 6.07) is 13.5. The summed E-state index contributed by atoms with van der Waals surface area (Å²) >= 11 is 0. The molecule has 0 saturated carbocycles. The van der Waals surface area contributed by atoms with Crippen LogP contribution in [0.25, 0.3) is 0 Å². The molecule has 0 bridgehead atoms. The first-order valence-corrected chi connectivity index (χ1v) is 6.97. The van der Waals surface area contributed by atoms with Crippen molar-refractivity contribution in [1.29, 1.82) is 0 Å². The number of carbonyl (C=O) groups is 1. The van der Waals surface area contributed by atoms with Crippen LogP contribution < -0.4 is 14.8 Å².